The monoisotopic (exact) mass is 840 g/mol. The molecule has 5 rings (SSSR count). The van der Waals surface area contributed by atoms with Crippen LogP contribution >= 0.6 is 36.1 Å². The van der Waals surface area contributed by atoms with Crippen molar-refractivity contribution < 1.29 is 76.5 Å². The molecular weight excluding hydrogens is 817 g/mol. The zero-order valence-electron chi connectivity index (χ0n) is 27.5. The zero-order valence-corrected chi connectivity index (χ0v) is 30.8. The Bertz CT molecular complexity index is 2420. The number of hydrogen-bond acceptors (Lipinski definition) is 24. The van der Waals surface area contributed by atoms with Crippen molar-refractivity contribution in [3.8, 4) is 17.2 Å². The number of methoxy groups -OCH3 is 2. The molecule has 0 radical (unpaired) electrons. The predicted molar refractivity (Wildman–Crippen MR) is 194 cm³/mol. The minimum absolute atomic E-state index is 0.0168. The number of benzene rings is 5. The average Bonchev–Trinajstić information content (AvgIpc) is 3.16. The molecule has 0 saturated carbocycles. The molecule has 0 saturated heterocycles. The molecule has 0 aromatic heterocycles. The number of aliphatic imine (C=N–C) groups is 1. The molecule has 0 aliphatic carbocycles. The minimum atomic E-state index is -4.73. The Hall–Kier alpha value is -4.91. The third-order valence-corrected chi connectivity index (χ3v) is 9.78. The summed E-state index contributed by atoms with van der Waals surface area (Å²) in [6, 6.07) is 12.0. The van der Waals surface area contributed by atoms with Crippen LogP contribution in [0, 0.1) is 0 Å². The normalized spacial score (nSPS) is 12.3. The summed E-state index contributed by atoms with van der Waals surface area (Å²) in [5, 5.41) is 76.7. The topological polar surface area (TPSA) is 317 Å². The van der Waals surface area contributed by atoms with Crippen LogP contribution in [0.5, 0.6) is 17.2 Å². The average molecular weight is 841 g/mol. The van der Waals surface area contributed by atoms with E-state index in [9.17, 15) is 23.2 Å². The molecular formula is C29H24N6O16S4. The first-order chi connectivity index (χ1) is 26.4. The molecule has 55 heavy (non-hydrogen) atoms. The SMILES string of the molecule is CO/C=N\c1cc(N=Nc2c(SOOO)cc3cc(S(=O)(=O)O)c(N)cc3c2O)c(OC)cc1N=Nc1ccc(SOOO)c2cc(SOOO)cc(O)c12. The smallest absolute Gasteiger partial charge is 0.296 e. The first-order valence-electron chi connectivity index (χ1n) is 14.4. The molecule has 0 aliphatic rings. The van der Waals surface area contributed by atoms with Crippen molar-refractivity contribution >= 4 is 108 Å². The highest BCUT2D eigenvalue weighted by atomic mass is 32.2. The molecule has 0 unspecified atom stereocenters. The van der Waals surface area contributed by atoms with Crippen LogP contribution in [0.3, 0.4) is 0 Å². The van der Waals surface area contributed by atoms with Gasteiger partial charge in [0.05, 0.1) is 77.7 Å². The highest BCUT2D eigenvalue weighted by Crippen LogP contribution is 2.48. The van der Waals surface area contributed by atoms with Gasteiger partial charge in [0.2, 0.25) is 0 Å². The highest BCUT2D eigenvalue weighted by molar-refractivity contribution is 7.95. The van der Waals surface area contributed by atoms with Crippen LogP contribution in [-0.2, 0) is 43.0 Å². The summed E-state index contributed by atoms with van der Waals surface area (Å²) in [4.78, 5) is 4.23. The second-order valence-corrected chi connectivity index (χ2v) is 13.8. The lowest BCUT2D eigenvalue weighted by Crippen LogP contribution is -2.03. The van der Waals surface area contributed by atoms with Crippen LogP contribution in [0.1, 0.15) is 0 Å². The summed E-state index contributed by atoms with van der Waals surface area (Å²) in [5.74, 6) is -0.758. The molecule has 0 spiro atoms. The summed E-state index contributed by atoms with van der Waals surface area (Å²) in [6.45, 7) is 0. The predicted octanol–water partition coefficient (Wildman–Crippen LogP) is 8.66. The lowest BCUT2D eigenvalue weighted by atomic mass is 10.1. The van der Waals surface area contributed by atoms with Crippen LogP contribution in [0.25, 0.3) is 21.5 Å². The van der Waals surface area contributed by atoms with Gasteiger partial charge >= 0.3 is 0 Å². The Morgan fingerprint density at radius 2 is 1.40 bits per heavy atom. The lowest BCUT2D eigenvalue weighted by molar-refractivity contribution is -0.432. The van der Waals surface area contributed by atoms with E-state index in [1.165, 1.54) is 56.7 Å². The van der Waals surface area contributed by atoms with Crippen LogP contribution in [0.2, 0.25) is 0 Å². The van der Waals surface area contributed by atoms with Crippen LogP contribution in [0.15, 0.2) is 99.6 Å². The summed E-state index contributed by atoms with van der Waals surface area (Å²) < 4.78 is 57.3. The first kappa shape index (κ1) is 41.3. The molecule has 5 aromatic carbocycles. The van der Waals surface area contributed by atoms with Crippen molar-refractivity contribution in [1.29, 1.82) is 0 Å². The zero-order chi connectivity index (χ0) is 39.7. The standard InChI is InChI=1S/C29H24N6O16S4/c1-44-12-31-19-10-21(34-35-28-25(54-51-48-40)5-13-6-26(55(41,42)43)17(30)9-15(13)29(28)37)23(45-2)11-20(19)33-32-18-3-4-24(53-50-47-39)16-7-14(52-49-46-38)8-22(36)27(16)18/h3-12,36-40H,30H2,1-2H3,(H,41,42,43)/b31-12-,33-32?,35-34?. The number of anilines is 1. The van der Waals surface area contributed by atoms with Crippen molar-refractivity contribution in [1.82, 2.24) is 0 Å². The van der Waals surface area contributed by atoms with E-state index in [1.807, 2.05) is 0 Å². The van der Waals surface area contributed by atoms with Gasteiger partial charge in [-0.2, -0.15) is 8.42 Å². The number of phenolic OH excluding ortho intramolecular Hbond substituents is 2. The van der Waals surface area contributed by atoms with Crippen LogP contribution < -0.4 is 10.5 Å². The van der Waals surface area contributed by atoms with Gasteiger partial charge in [0, 0.05) is 26.6 Å². The number of phenols is 2. The molecule has 0 fully saturated rings. The van der Waals surface area contributed by atoms with Gasteiger partial charge in [-0.1, -0.05) is 15.1 Å². The number of rotatable bonds is 17. The number of aromatic hydroxyl groups is 2. The fourth-order valence-corrected chi connectivity index (χ4v) is 6.86. The van der Waals surface area contributed by atoms with E-state index in [4.69, 9.17) is 31.0 Å². The van der Waals surface area contributed by atoms with Crippen LogP contribution in [-0.4, -0.2) is 59.6 Å². The molecule has 0 aliphatic heterocycles. The van der Waals surface area contributed by atoms with Crippen molar-refractivity contribution in [2.24, 2.45) is 25.4 Å². The van der Waals surface area contributed by atoms with Crippen molar-refractivity contribution in [2.45, 2.75) is 19.6 Å². The quantitative estimate of drug-likeness (QED) is 0.00672. The van der Waals surface area contributed by atoms with Crippen LogP contribution in [0.4, 0.5) is 34.1 Å². The molecule has 22 nitrogen and oxygen atoms in total. The number of nitrogens with two attached hydrogens (primary N) is 1. The van der Waals surface area contributed by atoms with Gasteiger partial charge in [-0.25, -0.2) is 20.8 Å². The fraction of sp³-hybridized carbons (Fsp3) is 0.0690. The number of ether oxygens (including phenoxy) is 2. The van der Waals surface area contributed by atoms with E-state index in [-0.39, 0.29) is 71.6 Å². The van der Waals surface area contributed by atoms with Crippen molar-refractivity contribution in [2.75, 3.05) is 20.0 Å². The maximum Gasteiger partial charge on any atom is 0.296 e. The Kier molecular flexibility index (Phi) is 14.0. The third kappa shape index (κ3) is 9.67. The van der Waals surface area contributed by atoms with E-state index in [0.29, 0.717) is 46.4 Å². The Morgan fingerprint density at radius 3 is 2.07 bits per heavy atom. The molecule has 0 amide bonds. The van der Waals surface area contributed by atoms with Gasteiger partial charge in [-0.15, -0.1) is 33.5 Å². The maximum atomic E-state index is 11.8. The second-order valence-electron chi connectivity index (χ2n) is 10.2. The van der Waals surface area contributed by atoms with Gasteiger partial charge in [0.1, 0.15) is 33.5 Å². The molecule has 5 aromatic rings. The van der Waals surface area contributed by atoms with Gasteiger partial charge < -0.3 is 25.4 Å². The molecule has 8 N–H and O–H groups in total. The van der Waals surface area contributed by atoms with Gasteiger partial charge in [0.15, 0.2) is 12.2 Å². The van der Waals surface area contributed by atoms with E-state index >= 15 is 0 Å². The fourth-order valence-electron chi connectivity index (χ4n) is 4.82. The number of hydrogen-bond donors (Lipinski definition) is 7. The summed E-state index contributed by atoms with van der Waals surface area (Å²) >= 11 is 1.56. The maximum absolute atomic E-state index is 11.8. The molecule has 0 atom stereocenters. The molecule has 26 heteroatoms. The largest absolute Gasteiger partial charge is 0.507 e. The summed E-state index contributed by atoms with van der Waals surface area (Å²) in [7, 11) is -2.05. The van der Waals surface area contributed by atoms with Crippen molar-refractivity contribution in [3.63, 3.8) is 0 Å². The van der Waals surface area contributed by atoms with E-state index in [0.717, 1.165) is 18.5 Å². The molecule has 0 heterocycles. The van der Waals surface area contributed by atoms with E-state index < -0.39 is 20.8 Å². The molecule has 0 bridgehead atoms. The Balaban J connectivity index is 1.60. The van der Waals surface area contributed by atoms with Gasteiger partial charge in [-0.05, 0) is 53.9 Å². The first-order valence-corrected chi connectivity index (χ1v) is 18.0. The van der Waals surface area contributed by atoms with Crippen molar-refractivity contribution in [3.05, 3.63) is 54.6 Å². The van der Waals surface area contributed by atoms with Gasteiger partial charge in [0.25, 0.3) is 10.1 Å². The number of azo groups is 2. The Morgan fingerprint density at radius 1 is 0.727 bits per heavy atom. The second kappa shape index (κ2) is 18.6. The van der Waals surface area contributed by atoms with E-state index in [2.05, 4.69) is 53.6 Å². The van der Waals surface area contributed by atoms with Gasteiger partial charge in [-0.3, -0.25) is 4.55 Å². The molecule has 290 valence electrons. The Labute approximate surface area is 320 Å². The lowest BCUT2D eigenvalue weighted by Gasteiger charge is -2.12. The minimum Gasteiger partial charge on any atom is -0.507 e. The summed E-state index contributed by atoms with van der Waals surface area (Å²) in [5.41, 5.74) is 5.63. The number of nitrogens with zero attached hydrogens (tertiary/aromatic N) is 5. The third-order valence-electron chi connectivity index (χ3n) is 7.03. The highest BCUT2D eigenvalue weighted by Gasteiger charge is 2.21. The van der Waals surface area contributed by atoms with E-state index in [1.54, 1.807) is 0 Å². The number of fused-ring (bicyclic) bond motifs is 2. The summed E-state index contributed by atoms with van der Waals surface area (Å²) in [6.07, 6.45) is 1.09. The number of nitrogen functional groups attached to an aromatic ring is 1.